The van der Waals surface area contributed by atoms with Crippen molar-refractivity contribution in [2.24, 2.45) is 0 Å². The maximum Gasteiger partial charge on any atom is 0.241 e. The summed E-state index contributed by atoms with van der Waals surface area (Å²) in [6.45, 7) is 4.04. The molecule has 2 aromatic rings. The van der Waals surface area contributed by atoms with Gasteiger partial charge in [-0.25, -0.2) is 4.39 Å². The average molecular weight is 276 g/mol. The van der Waals surface area contributed by atoms with Gasteiger partial charge in [0.15, 0.2) is 0 Å². The molecule has 1 aromatic heterocycles. The first-order valence-electron chi connectivity index (χ1n) is 6.32. The van der Waals surface area contributed by atoms with E-state index in [1.54, 1.807) is 12.1 Å². The number of aromatic nitrogens is 2. The van der Waals surface area contributed by atoms with E-state index >= 15 is 0 Å². The van der Waals surface area contributed by atoms with Crippen LogP contribution in [0.25, 0.3) is 11.1 Å². The third kappa shape index (κ3) is 2.71. The molecule has 0 radical (unpaired) electrons. The standard InChI is InChI=1S/C15H17FN2O2/c1-9(2)10-5-6-11(13(16)7-10)12-8-14(19-3)17-18-15(12)20-4/h5-9H,1-4H3. The minimum atomic E-state index is -0.315. The van der Waals surface area contributed by atoms with Crippen LogP contribution in [-0.4, -0.2) is 24.4 Å². The van der Waals surface area contributed by atoms with Crippen LogP contribution in [0.1, 0.15) is 25.3 Å². The molecule has 0 saturated heterocycles. The third-order valence-electron chi connectivity index (χ3n) is 3.09. The van der Waals surface area contributed by atoms with Crippen LogP contribution in [0.5, 0.6) is 11.8 Å². The topological polar surface area (TPSA) is 44.2 Å². The quantitative estimate of drug-likeness (QED) is 0.858. The summed E-state index contributed by atoms with van der Waals surface area (Å²) in [6, 6.07) is 6.77. The average Bonchev–Trinajstić information content (AvgIpc) is 2.46. The van der Waals surface area contributed by atoms with E-state index in [2.05, 4.69) is 10.2 Å². The Morgan fingerprint density at radius 2 is 1.75 bits per heavy atom. The predicted octanol–water partition coefficient (Wildman–Crippen LogP) is 3.42. The largest absolute Gasteiger partial charge is 0.480 e. The van der Waals surface area contributed by atoms with Crippen molar-refractivity contribution in [3.05, 3.63) is 35.6 Å². The lowest BCUT2D eigenvalue weighted by atomic mass is 9.99. The van der Waals surface area contributed by atoms with Gasteiger partial charge in [0.1, 0.15) is 5.82 Å². The summed E-state index contributed by atoms with van der Waals surface area (Å²) in [6.07, 6.45) is 0. The molecule has 4 nitrogen and oxygen atoms in total. The molecule has 0 aliphatic heterocycles. The normalized spacial score (nSPS) is 10.7. The minimum absolute atomic E-state index is 0.266. The Balaban J connectivity index is 2.55. The minimum Gasteiger partial charge on any atom is -0.480 e. The highest BCUT2D eigenvalue weighted by molar-refractivity contribution is 5.70. The van der Waals surface area contributed by atoms with Crippen LogP contribution in [-0.2, 0) is 0 Å². The Morgan fingerprint density at radius 3 is 2.30 bits per heavy atom. The Hall–Kier alpha value is -2.17. The Bertz CT molecular complexity index is 615. The molecule has 2 rings (SSSR count). The summed E-state index contributed by atoms with van der Waals surface area (Å²) in [4.78, 5) is 0. The first-order valence-corrected chi connectivity index (χ1v) is 6.32. The maximum atomic E-state index is 14.3. The number of rotatable bonds is 4. The van der Waals surface area contributed by atoms with Gasteiger partial charge in [0.05, 0.1) is 19.8 Å². The van der Waals surface area contributed by atoms with E-state index in [9.17, 15) is 4.39 Å². The Labute approximate surface area is 117 Å². The lowest BCUT2D eigenvalue weighted by molar-refractivity contribution is 0.369. The van der Waals surface area contributed by atoms with Crippen molar-refractivity contribution >= 4 is 0 Å². The fourth-order valence-electron chi connectivity index (χ4n) is 1.92. The molecular weight excluding hydrogens is 259 g/mol. The zero-order valence-corrected chi connectivity index (χ0v) is 12.0. The van der Waals surface area contributed by atoms with Crippen LogP contribution in [0.2, 0.25) is 0 Å². The number of methoxy groups -OCH3 is 2. The van der Waals surface area contributed by atoms with Gasteiger partial charge in [0.2, 0.25) is 11.8 Å². The number of ether oxygens (including phenoxy) is 2. The summed E-state index contributed by atoms with van der Waals surface area (Å²) in [7, 11) is 2.96. The molecule has 0 aliphatic carbocycles. The molecule has 0 amide bonds. The molecule has 0 aliphatic rings. The van der Waals surface area contributed by atoms with Crippen molar-refractivity contribution in [2.45, 2.75) is 19.8 Å². The van der Waals surface area contributed by atoms with E-state index in [1.807, 2.05) is 19.9 Å². The molecular formula is C15H17FN2O2. The van der Waals surface area contributed by atoms with Crippen LogP contribution in [0.4, 0.5) is 4.39 Å². The van der Waals surface area contributed by atoms with Crippen molar-refractivity contribution in [2.75, 3.05) is 14.2 Å². The SMILES string of the molecule is COc1cc(-c2ccc(C(C)C)cc2F)c(OC)nn1. The Morgan fingerprint density at radius 1 is 1.00 bits per heavy atom. The number of benzene rings is 1. The molecule has 0 unspecified atom stereocenters. The van der Waals surface area contributed by atoms with Crippen molar-refractivity contribution in [1.82, 2.24) is 10.2 Å². The molecule has 0 saturated carbocycles. The number of halogens is 1. The van der Waals surface area contributed by atoms with Crippen LogP contribution in [0.3, 0.4) is 0 Å². The van der Waals surface area contributed by atoms with Gasteiger partial charge in [-0.05, 0) is 17.5 Å². The zero-order chi connectivity index (χ0) is 14.7. The molecule has 0 N–H and O–H groups in total. The van der Waals surface area contributed by atoms with Gasteiger partial charge in [-0.2, -0.15) is 0 Å². The third-order valence-corrected chi connectivity index (χ3v) is 3.09. The molecule has 1 aromatic carbocycles. The van der Waals surface area contributed by atoms with Gasteiger partial charge in [-0.15, -0.1) is 10.2 Å². The highest BCUT2D eigenvalue weighted by Crippen LogP contribution is 2.33. The van der Waals surface area contributed by atoms with Gasteiger partial charge in [0.25, 0.3) is 0 Å². The van der Waals surface area contributed by atoms with Crippen LogP contribution in [0, 0.1) is 5.82 Å². The second-order valence-corrected chi connectivity index (χ2v) is 4.70. The van der Waals surface area contributed by atoms with Crippen LogP contribution < -0.4 is 9.47 Å². The summed E-state index contributed by atoms with van der Waals surface area (Å²) >= 11 is 0. The number of hydrogen-bond donors (Lipinski definition) is 0. The number of hydrogen-bond acceptors (Lipinski definition) is 4. The van der Waals surface area contributed by atoms with Gasteiger partial charge in [-0.1, -0.05) is 26.0 Å². The predicted molar refractivity (Wildman–Crippen MR) is 74.6 cm³/mol. The highest BCUT2D eigenvalue weighted by Gasteiger charge is 2.15. The van der Waals surface area contributed by atoms with Gasteiger partial charge < -0.3 is 9.47 Å². The molecule has 0 bridgehead atoms. The lowest BCUT2D eigenvalue weighted by Crippen LogP contribution is -1.99. The van der Waals surface area contributed by atoms with Crippen molar-refractivity contribution < 1.29 is 13.9 Å². The van der Waals surface area contributed by atoms with Gasteiger partial charge in [-0.3, -0.25) is 0 Å². The molecule has 0 fully saturated rings. The fraction of sp³-hybridized carbons (Fsp3) is 0.333. The van der Waals surface area contributed by atoms with E-state index in [1.165, 1.54) is 20.3 Å². The highest BCUT2D eigenvalue weighted by atomic mass is 19.1. The lowest BCUT2D eigenvalue weighted by Gasteiger charge is -2.11. The monoisotopic (exact) mass is 276 g/mol. The van der Waals surface area contributed by atoms with E-state index in [4.69, 9.17) is 9.47 Å². The van der Waals surface area contributed by atoms with Gasteiger partial charge >= 0.3 is 0 Å². The molecule has 0 spiro atoms. The van der Waals surface area contributed by atoms with Crippen LogP contribution >= 0.6 is 0 Å². The van der Waals surface area contributed by atoms with Crippen LogP contribution in [0.15, 0.2) is 24.3 Å². The first kappa shape index (κ1) is 14.2. The van der Waals surface area contributed by atoms with E-state index in [-0.39, 0.29) is 17.6 Å². The van der Waals surface area contributed by atoms with Crippen molar-refractivity contribution in [1.29, 1.82) is 0 Å². The summed E-state index contributed by atoms with van der Waals surface area (Å²) < 4.78 is 24.5. The first-order chi connectivity index (χ1) is 9.56. The molecule has 1 heterocycles. The summed E-state index contributed by atoms with van der Waals surface area (Å²) in [5.74, 6) is 0.533. The molecule has 0 atom stereocenters. The number of nitrogens with zero attached hydrogens (tertiary/aromatic N) is 2. The second kappa shape index (κ2) is 5.86. The molecule has 106 valence electrons. The smallest absolute Gasteiger partial charge is 0.241 e. The summed E-state index contributed by atoms with van der Waals surface area (Å²) in [5.41, 5.74) is 1.88. The van der Waals surface area contributed by atoms with Crippen molar-refractivity contribution in [3.8, 4) is 22.9 Å². The molecule has 20 heavy (non-hydrogen) atoms. The van der Waals surface area contributed by atoms with E-state index in [0.29, 0.717) is 17.0 Å². The van der Waals surface area contributed by atoms with E-state index in [0.717, 1.165) is 5.56 Å². The van der Waals surface area contributed by atoms with Gasteiger partial charge in [0, 0.05) is 11.6 Å². The zero-order valence-electron chi connectivity index (χ0n) is 12.0. The van der Waals surface area contributed by atoms with E-state index < -0.39 is 0 Å². The molecule has 5 heteroatoms. The second-order valence-electron chi connectivity index (χ2n) is 4.70. The maximum absolute atomic E-state index is 14.3. The fourth-order valence-corrected chi connectivity index (χ4v) is 1.92. The van der Waals surface area contributed by atoms with Crippen molar-refractivity contribution in [3.63, 3.8) is 0 Å². The Kier molecular flexibility index (Phi) is 4.17. The summed E-state index contributed by atoms with van der Waals surface area (Å²) in [5, 5.41) is 7.69.